The standard InChI is InChI=1S/C15H18ClNOS/c1-10-8-12(11(2)17-3)4-6-14(10)18-9-13-5-7-15(16)19-13/h4-8,11,17H,9H2,1-3H3. The van der Waals surface area contributed by atoms with Crippen LogP contribution in [0.15, 0.2) is 30.3 Å². The predicted molar refractivity (Wildman–Crippen MR) is 82.3 cm³/mol. The van der Waals surface area contributed by atoms with Crippen molar-refractivity contribution >= 4 is 22.9 Å². The maximum absolute atomic E-state index is 5.90. The molecule has 1 atom stereocenters. The summed E-state index contributed by atoms with van der Waals surface area (Å²) in [6, 6.07) is 10.6. The molecular weight excluding hydrogens is 278 g/mol. The molecular formula is C15H18ClNOS. The summed E-state index contributed by atoms with van der Waals surface area (Å²) in [5, 5.41) is 3.23. The molecule has 1 N–H and O–H groups in total. The average molecular weight is 296 g/mol. The number of hydrogen-bond acceptors (Lipinski definition) is 3. The van der Waals surface area contributed by atoms with Gasteiger partial charge in [-0.1, -0.05) is 23.7 Å². The summed E-state index contributed by atoms with van der Waals surface area (Å²) in [6.07, 6.45) is 0. The van der Waals surface area contributed by atoms with Crippen LogP contribution in [0.25, 0.3) is 0 Å². The quantitative estimate of drug-likeness (QED) is 0.872. The molecule has 1 heterocycles. The van der Waals surface area contributed by atoms with Gasteiger partial charge in [-0.3, -0.25) is 0 Å². The summed E-state index contributed by atoms with van der Waals surface area (Å²) in [4.78, 5) is 1.14. The summed E-state index contributed by atoms with van der Waals surface area (Å²) in [7, 11) is 1.96. The lowest BCUT2D eigenvalue weighted by Crippen LogP contribution is -2.12. The van der Waals surface area contributed by atoms with Crippen LogP contribution in [-0.4, -0.2) is 7.05 Å². The Kier molecular flexibility index (Phi) is 4.86. The van der Waals surface area contributed by atoms with Crippen molar-refractivity contribution in [1.82, 2.24) is 5.32 Å². The van der Waals surface area contributed by atoms with E-state index in [1.165, 1.54) is 5.56 Å². The van der Waals surface area contributed by atoms with Crippen LogP contribution in [0.2, 0.25) is 4.34 Å². The van der Waals surface area contributed by atoms with E-state index >= 15 is 0 Å². The fourth-order valence-corrected chi connectivity index (χ4v) is 2.85. The largest absolute Gasteiger partial charge is 0.488 e. The van der Waals surface area contributed by atoms with Gasteiger partial charge in [-0.15, -0.1) is 11.3 Å². The van der Waals surface area contributed by atoms with E-state index in [9.17, 15) is 0 Å². The first kappa shape index (κ1) is 14.4. The molecule has 1 unspecified atom stereocenters. The molecule has 0 saturated heterocycles. The molecule has 0 amide bonds. The predicted octanol–water partition coefficient (Wildman–Crippen LogP) is 4.57. The molecule has 0 aliphatic carbocycles. The number of halogens is 1. The van der Waals surface area contributed by atoms with Crippen molar-refractivity contribution in [2.75, 3.05) is 7.05 Å². The molecule has 0 saturated carbocycles. The Morgan fingerprint density at radius 3 is 2.68 bits per heavy atom. The zero-order valence-corrected chi connectivity index (χ0v) is 12.9. The summed E-state index contributed by atoms with van der Waals surface area (Å²) in [5.74, 6) is 0.927. The van der Waals surface area contributed by atoms with Crippen LogP contribution in [0.4, 0.5) is 0 Å². The second kappa shape index (κ2) is 6.42. The van der Waals surface area contributed by atoms with Crippen molar-refractivity contribution in [3.8, 4) is 5.75 Å². The molecule has 0 spiro atoms. The summed E-state index contributed by atoms with van der Waals surface area (Å²) >= 11 is 7.46. The van der Waals surface area contributed by atoms with Crippen molar-refractivity contribution in [2.45, 2.75) is 26.5 Å². The number of nitrogens with one attached hydrogen (secondary N) is 1. The van der Waals surface area contributed by atoms with E-state index in [4.69, 9.17) is 16.3 Å². The number of hydrogen-bond donors (Lipinski definition) is 1. The molecule has 102 valence electrons. The molecule has 2 nitrogen and oxygen atoms in total. The smallest absolute Gasteiger partial charge is 0.123 e. The Balaban J connectivity index is 2.05. The van der Waals surface area contributed by atoms with Gasteiger partial charge in [0, 0.05) is 10.9 Å². The number of rotatable bonds is 5. The van der Waals surface area contributed by atoms with E-state index in [0.29, 0.717) is 12.6 Å². The van der Waals surface area contributed by atoms with Gasteiger partial charge in [-0.2, -0.15) is 0 Å². The molecule has 0 aliphatic heterocycles. The molecule has 0 radical (unpaired) electrons. The van der Waals surface area contributed by atoms with Gasteiger partial charge in [0.25, 0.3) is 0 Å². The highest BCUT2D eigenvalue weighted by molar-refractivity contribution is 7.16. The van der Waals surface area contributed by atoms with Gasteiger partial charge < -0.3 is 10.1 Å². The summed E-state index contributed by atoms with van der Waals surface area (Å²) in [5.41, 5.74) is 2.42. The third-order valence-electron chi connectivity index (χ3n) is 3.13. The fraction of sp³-hybridized carbons (Fsp3) is 0.333. The molecule has 19 heavy (non-hydrogen) atoms. The van der Waals surface area contributed by atoms with E-state index < -0.39 is 0 Å². The minimum absolute atomic E-state index is 0.351. The van der Waals surface area contributed by atoms with Crippen LogP contribution >= 0.6 is 22.9 Å². The lowest BCUT2D eigenvalue weighted by atomic mass is 10.1. The van der Waals surface area contributed by atoms with Crippen LogP contribution in [0.5, 0.6) is 5.75 Å². The first-order valence-corrected chi connectivity index (χ1v) is 7.44. The number of aryl methyl sites for hydroxylation is 1. The molecule has 0 aliphatic rings. The molecule has 1 aromatic carbocycles. The first-order chi connectivity index (χ1) is 9.10. The SMILES string of the molecule is CNC(C)c1ccc(OCc2ccc(Cl)s2)c(C)c1. The number of ether oxygens (including phenoxy) is 1. The minimum atomic E-state index is 0.351. The molecule has 0 bridgehead atoms. The zero-order valence-electron chi connectivity index (χ0n) is 11.4. The second-order valence-corrected chi connectivity index (χ2v) is 6.33. The second-order valence-electron chi connectivity index (χ2n) is 4.53. The van der Waals surface area contributed by atoms with Gasteiger partial charge >= 0.3 is 0 Å². The van der Waals surface area contributed by atoms with Crippen molar-refractivity contribution in [2.24, 2.45) is 0 Å². The normalized spacial score (nSPS) is 12.4. The van der Waals surface area contributed by atoms with Crippen molar-refractivity contribution in [3.63, 3.8) is 0 Å². The Morgan fingerprint density at radius 2 is 2.11 bits per heavy atom. The number of benzene rings is 1. The van der Waals surface area contributed by atoms with Crippen molar-refractivity contribution in [1.29, 1.82) is 0 Å². The topological polar surface area (TPSA) is 21.3 Å². The third kappa shape index (κ3) is 3.72. The van der Waals surface area contributed by atoms with Crippen LogP contribution in [0.3, 0.4) is 0 Å². The highest BCUT2D eigenvalue weighted by Gasteiger charge is 2.07. The molecule has 1 aromatic heterocycles. The van der Waals surface area contributed by atoms with Gasteiger partial charge in [0.05, 0.1) is 4.34 Å². The Labute approximate surface area is 123 Å². The Morgan fingerprint density at radius 1 is 1.32 bits per heavy atom. The maximum atomic E-state index is 5.90. The van der Waals surface area contributed by atoms with Crippen LogP contribution in [0.1, 0.15) is 29.0 Å². The van der Waals surface area contributed by atoms with Crippen LogP contribution < -0.4 is 10.1 Å². The van der Waals surface area contributed by atoms with Crippen molar-refractivity contribution < 1.29 is 4.74 Å². The molecule has 4 heteroatoms. The average Bonchev–Trinajstić information content (AvgIpc) is 2.82. The van der Waals surface area contributed by atoms with Gasteiger partial charge in [0.2, 0.25) is 0 Å². The maximum Gasteiger partial charge on any atom is 0.123 e. The zero-order chi connectivity index (χ0) is 13.8. The summed E-state index contributed by atoms with van der Waals surface area (Å²) in [6.45, 7) is 4.78. The van der Waals surface area contributed by atoms with Gasteiger partial charge in [0.15, 0.2) is 0 Å². The van der Waals surface area contributed by atoms with Crippen LogP contribution in [-0.2, 0) is 6.61 Å². The van der Waals surface area contributed by atoms with Crippen LogP contribution in [0, 0.1) is 6.92 Å². The fourth-order valence-electron chi connectivity index (χ4n) is 1.85. The van der Waals surface area contributed by atoms with E-state index in [1.54, 1.807) is 11.3 Å². The van der Waals surface area contributed by atoms with Crippen molar-refractivity contribution in [3.05, 3.63) is 50.7 Å². The third-order valence-corrected chi connectivity index (χ3v) is 4.34. The van der Waals surface area contributed by atoms with E-state index in [0.717, 1.165) is 20.5 Å². The van der Waals surface area contributed by atoms with E-state index in [-0.39, 0.29) is 0 Å². The monoisotopic (exact) mass is 295 g/mol. The minimum Gasteiger partial charge on any atom is -0.488 e. The van der Waals surface area contributed by atoms with E-state index in [2.05, 4.69) is 31.3 Å². The summed E-state index contributed by atoms with van der Waals surface area (Å²) < 4.78 is 6.64. The highest BCUT2D eigenvalue weighted by Crippen LogP contribution is 2.26. The molecule has 0 fully saturated rings. The van der Waals surface area contributed by atoms with Gasteiger partial charge in [0.1, 0.15) is 12.4 Å². The Bertz CT molecular complexity index is 553. The van der Waals surface area contributed by atoms with Gasteiger partial charge in [-0.25, -0.2) is 0 Å². The Hall–Kier alpha value is -1.03. The van der Waals surface area contributed by atoms with E-state index in [1.807, 2.05) is 25.2 Å². The lowest BCUT2D eigenvalue weighted by molar-refractivity contribution is 0.307. The molecule has 2 aromatic rings. The highest BCUT2D eigenvalue weighted by atomic mass is 35.5. The first-order valence-electron chi connectivity index (χ1n) is 6.25. The molecule has 2 rings (SSSR count). The lowest BCUT2D eigenvalue weighted by Gasteiger charge is -2.14. The number of thiophene rings is 1. The van der Waals surface area contributed by atoms with Gasteiger partial charge in [-0.05, 0) is 50.2 Å².